The maximum absolute atomic E-state index is 13.1. The summed E-state index contributed by atoms with van der Waals surface area (Å²) in [5.74, 6) is 1.22. The van der Waals surface area contributed by atoms with Crippen molar-refractivity contribution in [2.75, 3.05) is 52.4 Å². The van der Waals surface area contributed by atoms with E-state index in [0.717, 1.165) is 54.8 Å². The summed E-state index contributed by atoms with van der Waals surface area (Å²) in [7, 11) is 5.60. The molecule has 10 heteroatoms. The molecule has 3 rings (SSSR count). The van der Waals surface area contributed by atoms with Gasteiger partial charge in [-0.05, 0) is 62.1 Å². The predicted molar refractivity (Wildman–Crippen MR) is 161 cm³/mol. The lowest BCUT2D eigenvalue weighted by atomic mass is 10.0. The molecule has 0 aliphatic carbocycles. The molecule has 5 N–H and O–H groups in total. The van der Waals surface area contributed by atoms with E-state index in [1.54, 1.807) is 14.2 Å². The molecule has 0 saturated heterocycles. The van der Waals surface area contributed by atoms with Crippen LogP contribution in [-0.4, -0.2) is 66.8 Å². The van der Waals surface area contributed by atoms with Gasteiger partial charge in [0.2, 0.25) is 0 Å². The topological polar surface area (TPSA) is 125 Å². The first-order chi connectivity index (χ1) is 18.9. The number of hydrogen-bond donors (Lipinski definition) is 3. The SMILES string of the molecule is COc1ccc(CCC[N+](C)(CCCc2ccc(OC)cc2)CC(C)(C)NC(=O)c2nc(Cl)c(N)nc2N)cc1. The number of nitrogen functional groups attached to an aromatic ring is 2. The summed E-state index contributed by atoms with van der Waals surface area (Å²) < 4.78 is 11.4. The minimum atomic E-state index is -0.561. The molecule has 216 valence electrons. The van der Waals surface area contributed by atoms with Crippen molar-refractivity contribution in [3.8, 4) is 11.5 Å². The Hall–Kier alpha value is -3.56. The molecule has 0 spiro atoms. The molecule has 0 radical (unpaired) electrons. The Kier molecular flexibility index (Phi) is 10.6. The minimum Gasteiger partial charge on any atom is -0.497 e. The van der Waals surface area contributed by atoms with Gasteiger partial charge in [-0.3, -0.25) is 4.79 Å². The number of carbonyl (C=O) groups is 1. The Bertz CT molecular complexity index is 1210. The highest BCUT2D eigenvalue weighted by molar-refractivity contribution is 6.31. The number of hydrogen-bond acceptors (Lipinski definition) is 7. The van der Waals surface area contributed by atoms with Gasteiger partial charge in [-0.25, -0.2) is 9.97 Å². The summed E-state index contributed by atoms with van der Waals surface area (Å²) in [5.41, 5.74) is 13.5. The van der Waals surface area contributed by atoms with Crippen LogP contribution in [-0.2, 0) is 12.8 Å². The molecule has 9 nitrogen and oxygen atoms in total. The predicted octanol–water partition coefficient (Wildman–Crippen LogP) is 4.53. The number of rotatable bonds is 14. The Labute approximate surface area is 242 Å². The molecule has 3 aromatic rings. The van der Waals surface area contributed by atoms with Gasteiger partial charge in [0.25, 0.3) is 5.91 Å². The van der Waals surface area contributed by atoms with Gasteiger partial charge in [0.1, 0.15) is 18.0 Å². The number of likely N-dealkylation sites (N-methyl/N-ethyl adjacent to an activating group) is 1. The average Bonchev–Trinajstić information content (AvgIpc) is 2.90. The molecule has 1 aromatic heterocycles. The number of nitrogens with one attached hydrogen (secondary N) is 1. The van der Waals surface area contributed by atoms with Gasteiger partial charge in [0, 0.05) is 12.8 Å². The van der Waals surface area contributed by atoms with Gasteiger partial charge in [-0.2, -0.15) is 0 Å². The zero-order valence-corrected chi connectivity index (χ0v) is 24.9. The van der Waals surface area contributed by atoms with E-state index in [1.807, 2.05) is 38.1 Å². The largest absolute Gasteiger partial charge is 0.497 e. The number of amides is 1. The number of quaternary nitrogens is 1. The van der Waals surface area contributed by atoms with Crippen molar-refractivity contribution in [2.24, 2.45) is 0 Å². The zero-order valence-electron chi connectivity index (χ0n) is 24.2. The maximum atomic E-state index is 13.1. The number of methoxy groups -OCH3 is 2. The number of halogens is 1. The van der Waals surface area contributed by atoms with Crippen molar-refractivity contribution in [1.29, 1.82) is 0 Å². The van der Waals surface area contributed by atoms with Crippen LogP contribution >= 0.6 is 11.6 Å². The number of ether oxygens (including phenoxy) is 2. The number of anilines is 2. The number of nitrogens with zero attached hydrogens (tertiary/aromatic N) is 3. The first kappa shape index (κ1) is 31.0. The van der Waals surface area contributed by atoms with Crippen LogP contribution in [0.3, 0.4) is 0 Å². The molecule has 1 heterocycles. The number of aromatic nitrogens is 2. The third kappa shape index (κ3) is 8.99. The van der Waals surface area contributed by atoms with E-state index in [9.17, 15) is 4.79 Å². The third-order valence-electron chi connectivity index (χ3n) is 6.99. The molecule has 0 aliphatic heterocycles. The monoisotopic (exact) mass is 569 g/mol. The van der Waals surface area contributed by atoms with E-state index in [1.165, 1.54) is 11.1 Å². The van der Waals surface area contributed by atoms with Crippen LogP contribution in [0.25, 0.3) is 0 Å². The fraction of sp³-hybridized carbons (Fsp3) is 0.433. The Morgan fingerprint density at radius 2 is 1.35 bits per heavy atom. The summed E-state index contributed by atoms with van der Waals surface area (Å²) in [6.07, 6.45) is 3.92. The summed E-state index contributed by atoms with van der Waals surface area (Å²) in [6, 6.07) is 16.4. The van der Waals surface area contributed by atoms with Gasteiger partial charge in [-0.15, -0.1) is 0 Å². The van der Waals surface area contributed by atoms with Crippen molar-refractivity contribution in [2.45, 2.75) is 45.1 Å². The number of nitrogens with two attached hydrogens (primary N) is 2. The normalized spacial score (nSPS) is 11.8. The standard InChI is InChI=1S/C30H41ClN6O3/c1-30(2,36-29(38)25-27(32)35-28(33)26(31)34-25)20-37(3,18-6-8-21-10-14-23(39-4)15-11-21)19-7-9-22-12-16-24(40-5)17-13-22/h10-17H,6-9,18-20H2,1-5H3,(H4-,32,33,35,36,38)/p+1. The van der Waals surface area contributed by atoms with Crippen LogP contribution in [0.1, 0.15) is 48.3 Å². The van der Waals surface area contributed by atoms with Crippen LogP contribution in [0.4, 0.5) is 11.6 Å². The van der Waals surface area contributed by atoms with Gasteiger partial charge in [0.15, 0.2) is 22.5 Å². The maximum Gasteiger partial charge on any atom is 0.274 e. The first-order valence-electron chi connectivity index (χ1n) is 13.4. The Morgan fingerprint density at radius 1 is 0.875 bits per heavy atom. The van der Waals surface area contributed by atoms with E-state index < -0.39 is 11.4 Å². The van der Waals surface area contributed by atoms with Crippen LogP contribution in [0.2, 0.25) is 5.15 Å². The number of benzene rings is 2. The Balaban J connectivity index is 1.69. The van der Waals surface area contributed by atoms with E-state index in [-0.39, 0.29) is 22.5 Å². The third-order valence-corrected chi connectivity index (χ3v) is 7.27. The van der Waals surface area contributed by atoms with Crippen LogP contribution in [0.15, 0.2) is 48.5 Å². The van der Waals surface area contributed by atoms with Crippen LogP contribution in [0.5, 0.6) is 11.5 Å². The lowest BCUT2D eigenvalue weighted by Gasteiger charge is -2.41. The second-order valence-electron chi connectivity index (χ2n) is 11.1. The molecule has 0 aliphatic rings. The lowest BCUT2D eigenvalue weighted by molar-refractivity contribution is -0.913. The molecule has 0 atom stereocenters. The van der Waals surface area contributed by atoms with Crippen molar-refractivity contribution >= 4 is 29.1 Å². The number of aryl methyl sites for hydroxylation is 2. The zero-order chi connectivity index (χ0) is 29.3. The highest BCUT2D eigenvalue weighted by atomic mass is 35.5. The van der Waals surface area contributed by atoms with E-state index in [4.69, 9.17) is 32.5 Å². The smallest absolute Gasteiger partial charge is 0.274 e. The molecule has 1 amide bonds. The van der Waals surface area contributed by atoms with Crippen LogP contribution < -0.4 is 26.3 Å². The van der Waals surface area contributed by atoms with Gasteiger partial charge >= 0.3 is 0 Å². The van der Waals surface area contributed by atoms with Crippen molar-refractivity contribution in [3.05, 3.63) is 70.5 Å². The molecule has 2 aromatic carbocycles. The highest BCUT2D eigenvalue weighted by Crippen LogP contribution is 2.21. The minimum absolute atomic E-state index is 0.00654. The quantitative estimate of drug-likeness (QED) is 0.243. The molecular formula is C30H42ClN6O3+. The molecule has 0 saturated carbocycles. The van der Waals surface area contributed by atoms with Gasteiger partial charge in [0.05, 0.1) is 39.9 Å². The van der Waals surface area contributed by atoms with Crippen molar-refractivity contribution in [1.82, 2.24) is 15.3 Å². The summed E-state index contributed by atoms with van der Waals surface area (Å²) in [6.45, 7) is 6.63. The second-order valence-corrected chi connectivity index (χ2v) is 11.5. The second kappa shape index (κ2) is 13.7. The fourth-order valence-electron chi connectivity index (χ4n) is 5.15. The fourth-order valence-corrected chi connectivity index (χ4v) is 5.28. The summed E-state index contributed by atoms with van der Waals surface area (Å²) in [5, 5.41) is 3.05. The molecule has 0 unspecified atom stereocenters. The van der Waals surface area contributed by atoms with Crippen molar-refractivity contribution in [3.63, 3.8) is 0 Å². The first-order valence-corrected chi connectivity index (χ1v) is 13.8. The Morgan fingerprint density at radius 3 is 1.80 bits per heavy atom. The summed E-state index contributed by atoms with van der Waals surface area (Å²) >= 11 is 6.01. The average molecular weight is 570 g/mol. The van der Waals surface area contributed by atoms with Crippen LogP contribution in [0, 0.1) is 0 Å². The highest BCUT2D eigenvalue weighted by Gasteiger charge is 2.34. The molecule has 40 heavy (non-hydrogen) atoms. The molecule has 0 fully saturated rings. The van der Waals surface area contributed by atoms with E-state index in [0.29, 0.717) is 6.54 Å². The number of carbonyl (C=O) groups excluding carboxylic acids is 1. The van der Waals surface area contributed by atoms with E-state index in [2.05, 4.69) is 46.6 Å². The van der Waals surface area contributed by atoms with Crippen molar-refractivity contribution < 1.29 is 18.8 Å². The van der Waals surface area contributed by atoms with Gasteiger partial charge in [-0.1, -0.05) is 35.9 Å². The molecule has 0 bridgehead atoms. The molecular weight excluding hydrogens is 528 g/mol. The van der Waals surface area contributed by atoms with Gasteiger partial charge < -0.3 is 30.7 Å². The summed E-state index contributed by atoms with van der Waals surface area (Å²) in [4.78, 5) is 21.1. The van der Waals surface area contributed by atoms with E-state index >= 15 is 0 Å². The lowest BCUT2D eigenvalue weighted by Crippen LogP contribution is -2.59.